The Morgan fingerprint density at radius 2 is 2.60 bits per heavy atom. The minimum Gasteiger partial charge on any atom is -0.310 e. The minimum absolute atomic E-state index is 0.591. The van der Waals surface area contributed by atoms with E-state index >= 15 is 0 Å². The summed E-state index contributed by atoms with van der Waals surface area (Å²) >= 11 is 0. The second kappa shape index (κ2) is 2.09. The van der Waals surface area contributed by atoms with E-state index in [4.69, 9.17) is 0 Å². The average molecular weight is 137 g/mol. The molecule has 2 heterocycles. The summed E-state index contributed by atoms with van der Waals surface area (Å²) in [5.74, 6) is 0. The molecule has 3 heteroatoms. The van der Waals surface area contributed by atoms with Crippen LogP contribution in [0, 0.1) is 0 Å². The molecule has 0 fully saturated rings. The van der Waals surface area contributed by atoms with Crippen molar-refractivity contribution in [2.24, 2.45) is 0 Å². The van der Waals surface area contributed by atoms with E-state index in [1.807, 2.05) is 6.20 Å². The highest BCUT2D eigenvalue weighted by molar-refractivity contribution is 5.19. The van der Waals surface area contributed by atoms with Gasteiger partial charge in [0, 0.05) is 30.3 Å². The molecule has 1 aliphatic rings. The number of hydrogen-bond acceptors (Lipinski definition) is 2. The lowest BCUT2D eigenvalue weighted by atomic mass is 10.1. The Kier molecular flexibility index (Phi) is 1.24. The minimum atomic E-state index is 0.591. The first-order chi connectivity index (χ1) is 4.86. The van der Waals surface area contributed by atoms with Crippen molar-refractivity contribution in [3.8, 4) is 0 Å². The lowest BCUT2D eigenvalue weighted by Gasteiger charge is -2.18. The summed E-state index contributed by atoms with van der Waals surface area (Å²) in [6.45, 7) is 3.15. The van der Waals surface area contributed by atoms with Crippen molar-refractivity contribution < 1.29 is 0 Å². The van der Waals surface area contributed by atoms with Crippen LogP contribution in [0.2, 0.25) is 0 Å². The molecule has 0 saturated carbocycles. The molecule has 0 saturated heterocycles. The van der Waals surface area contributed by atoms with Crippen molar-refractivity contribution in [3.63, 3.8) is 0 Å². The molecule has 0 spiro atoms. The largest absolute Gasteiger partial charge is 0.310 e. The summed E-state index contributed by atoms with van der Waals surface area (Å²) in [6, 6.07) is 0.591. The Morgan fingerprint density at radius 3 is 3.50 bits per heavy atom. The number of nitrogens with zero attached hydrogens (tertiary/aromatic N) is 1. The monoisotopic (exact) mass is 137 g/mol. The van der Waals surface area contributed by atoms with Crippen molar-refractivity contribution in [1.82, 2.24) is 15.5 Å². The van der Waals surface area contributed by atoms with Crippen molar-refractivity contribution in [2.75, 3.05) is 0 Å². The van der Waals surface area contributed by atoms with E-state index < -0.39 is 0 Å². The van der Waals surface area contributed by atoms with Gasteiger partial charge in [-0.3, -0.25) is 5.10 Å². The second-order valence-electron chi connectivity index (χ2n) is 2.86. The topological polar surface area (TPSA) is 40.7 Å². The summed E-state index contributed by atoms with van der Waals surface area (Å²) in [6.07, 6.45) is 2.98. The maximum atomic E-state index is 3.97. The maximum absolute atomic E-state index is 3.97. The average Bonchev–Trinajstić information content (AvgIpc) is 2.33. The third-order valence-corrected chi connectivity index (χ3v) is 1.96. The molecule has 0 aliphatic carbocycles. The highest BCUT2D eigenvalue weighted by atomic mass is 15.1. The van der Waals surface area contributed by atoms with Crippen LogP contribution in [0.5, 0.6) is 0 Å². The zero-order chi connectivity index (χ0) is 6.97. The summed E-state index contributed by atoms with van der Waals surface area (Å²) in [4.78, 5) is 0. The Bertz CT molecular complexity index is 229. The number of rotatable bonds is 0. The molecule has 1 aliphatic heterocycles. The zero-order valence-electron chi connectivity index (χ0n) is 6.02. The van der Waals surface area contributed by atoms with Gasteiger partial charge in [0.05, 0.1) is 6.20 Å². The smallest absolute Gasteiger partial charge is 0.0535 e. The van der Waals surface area contributed by atoms with Gasteiger partial charge in [-0.05, 0) is 6.92 Å². The highest BCUT2D eigenvalue weighted by Gasteiger charge is 2.14. The Labute approximate surface area is 59.8 Å². The molecule has 54 valence electrons. The van der Waals surface area contributed by atoms with Gasteiger partial charge in [-0.2, -0.15) is 5.10 Å². The molecule has 1 aromatic heterocycles. The van der Waals surface area contributed by atoms with E-state index in [9.17, 15) is 0 Å². The summed E-state index contributed by atoms with van der Waals surface area (Å²) < 4.78 is 0. The first-order valence-electron chi connectivity index (χ1n) is 3.61. The molecule has 1 atom stereocenters. The van der Waals surface area contributed by atoms with Crippen LogP contribution < -0.4 is 5.32 Å². The molecular formula is C7H11N3. The summed E-state index contributed by atoms with van der Waals surface area (Å²) in [5.41, 5.74) is 2.62. The van der Waals surface area contributed by atoms with Gasteiger partial charge in [-0.25, -0.2) is 0 Å². The van der Waals surface area contributed by atoms with E-state index in [-0.39, 0.29) is 0 Å². The lowest BCUT2D eigenvalue weighted by molar-refractivity contribution is 0.509. The molecule has 0 unspecified atom stereocenters. The van der Waals surface area contributed by atoms with Crippen molar-refractivity contribution in [3.05, 3.63) is 17.5 Å². The number of aromatic nitrogens is 2. The highest BCUT2D eigenvalue weighted by Crippen LogP contribution is 2.11. The standard InChI is InChI=1S/C7H11N3/c1-5-2-7-6(3-8-5)4-9-10-7/h4-5,8H,2-3H2,1H3,(H,9,10)/t5-/m1/s1. The van der Waals surface area contributed by atoms with Crippen molar-refractivity contribution >= 4 is 0 Å². The zero-order valence-corrected chi connectivity index (χ0v) is 6.02. The van der Waals surface area contributed by atoms with Crippen LogP contribution in [0.4, 0.5) is 0 Å². The molecule has 2 N–H and O–H groups in total. The first-order valence-corrected chi connectivity index (χ1v) is 3.61. The molecule has 1 aromatic rings. The second-order valence-corrected chi connectivity index (χ2v) is 2.86. The Hall–Kier alpha value is -0.830. The van der Waals surface area contributed by atoms with E-state index in [1.54, 1.807) is 0 Å². The quantitative estimate of drug-likeness (QED) is 0.545. The molecule has 0 radical (unpaired) electrons. The van der Waals surface area contributed by atoms with Gasteiger partial charge in [0.15, 0.2) is 0 Å². The summed E-state index contributed by atoms with van der Waals surface area (Å²) in [7, 11) is 0. The van der Waals surface area contributed by atoms with Gasteiger partial charge in [-0.1, -0.05) is 0 Å². The Balaban J connectivity index is 2.30. The van der Waals surface area contributed by atoms with Crippen LogP contribution in [0.15, 0.2) is 6.20 Å². The molecule has 0 bridgehead atoms. The fourth-order valence-corrected chi connectivity index (χ4v) is 1.33. The van der Waals surface area contributed by atoms with Crippen LogP contribution in [0.1, 0.15) is 18.2 Å². The SMILES string of the molecule is C[C@@H]1Cc2[nH]ncc2CN1. The van der Waals surface area contributed by atoms with Gasteiger partial charge in [0.2, 0.25) is 0 Å². The molecule has 10 heavy (non-hydrogen) atoms. The number of fused-ring (bicyclic) bond motifs is 1. The van der Waals surface area contributed by atoms with Crippen LogP contribution in [-0.2, 0) is 13.0 Å². The van der Waals surface area contributed by atoms with E-state index in [0.29, 0.717) is 6.04 Å². The number of hydrogen-bond donors (Lipinski definition) is 2. The Morgan fingerprint density at radius 1 is 1.70 bits per heavy atom. The number of H-pyrrole nitrogens is 1. The van der Waals surface area contributed by atoms with Gasteiger partial charge in [-0.15, -0.1) is 0 Å². The molecule has 2 rings (SSSR count). The molecule has 0 aromatic carbocycles. The van der Waals surface area contributed by atoms with E-state index in [1.165, 1.54) is 11.3 Å². The van der Waals surface area contributed by atoms with Crippen molar-refractivity contribution in [1.29, 1.82) is 0 Å². The lowest BCUT2D eigenvalue weighted by Crippen LogP contribution is -2.32. The van der Waals surface area contributed by atoms with Gasteiger partial charge in [0.1, 0.15) is 0 Å². The fourth-order valence-electron chi connectivity index (χ4n) is 1.33. The number of aromatic amines is 1. The maximum Gasteiger partial charge on any atom is 0.0535 e. The normalized spacial score (nSPS) is 24.3. The predicted molar refractivity (Wildman–Crippen MR) is 38.6 cm³/mol. The van der Waals surface area contributed by atoms with Crippen molar-refractivity contribution in [2.45, 2.75) is 25.9 Å². The van der Waals surface area contributed by atoms with Gasteiger partial charge >= 0.3 is 0 Å². The van der Waals surface area contributed by atoms with Gasteiger partial charge in [0.25, 0.3) is 0 Å². The number of nitrogens with one attached hydrogen (secondary N) is 2. The third-order valence-electron chi connectivity index (χ3n) is 1.96. The van der Waals surface area contributed by atoms with Gasteiger partial charge < -0.3 is 5.32 Å². The molecule has 3 nitrogen and oxygen atoms in total. The third kappa shape index (κ3) is 0.827. The van der Waals surface area contributed by atoms with E-state index in [2.05, 4.69) is 22.4 Å². The first kappa shape index (κ1) is 5.92. The van der Waals surface area contributed by atoms with Crippen LogP contribution in [0.25, 0.3) is 0 Å². The predicted octanol–water partition coefficient (Wildman–Crippen LogP) is 0.444. The fraction of sp³-hybridized carbons (Fsp3) is 0.571. The van der Waals surface area contributed by atoms with Crippen LogP contribution in [-0.4, -0.2) is 16.2 Å². The molecule has 0 amide bonds. The molecular weight excluding hydrogens is 126 g/mol. The van der Waals surface area contributed by atoms with E-state index in [0.717, 1.165) is 13.0 Å². The van der Waals surface area contributed by atoms with Crippen LogP contribution in [0.3, 0.4) is 0 Å². The van der Waals surface area contributed by atoms with Crippen LogP contribution >= 0.6 is 0 Å². The summed E-state index contributed by atoms with van der Waals surface area (Å²) in [5, 5.41) is 10.3.